The lowest BCUT2D eigenvalue weighted by atomic mass is 10.3. The molecule has 0 saturated heterocycles. The largest absolute Gasteiger partial charge is 0.260 e. The van der Waals surface area contributed by atoms with Crippen molar-refractivity contribution in [3.8, 4) is 0 Å². The fraction of sp³-hybridized carbons (Fsp3) is 0.167. The zero-order valence-electron chi connectivity index (χ0n) is 4.94. The Morgan fingerprint density at radius 3 is 2.60 bits per heavy atom. The lowest BCUT2D eigenvalue weighted by molar-refractivity contribution is 0.610. The molecule has 0 spiro atoms. The van der Waals surface area contributed by atoms with Gasteiger partial charge in [-0.25, -0.2) is 4.39 Å². The van der Waals surface area contributed by atoms with Crippen LogP contribution in [0, 0.1) is 5.82 Å². The van der Waals surface area contributed by atoms with Gasteiger partial charge in [0.25, 0.3) is 0 Å². The van der Waals surface area contributed by atoms with Crippen LogP contribution in [0.1, 0.15) is 5.56 Å². The topological polar surface area (TPSA) is 12.9 Å². The van der Waals surface area contributed by atoms with Crippen LogP contribution in [0.15, 0.2) is 12.4 Å². The van der Waals surface area contributed by atoms with Crippen LogP contribution in [-0.2, 0) is 5.88 Å². The van der Waals surface area contributed by atoms with E-state index >= 15 is 0 Å². The fourth-order valence-corrected chi connectivity index (χ4v) is 1.12. The molecule has 10 heavy (non-hydrogen) atoms. The standard InChI is InChI=1S/C6H4Cl2FN/c7-1-4-5(8)2-10-3-6(4)9/h2-3H,1H2. The lowest BCUT2D eigenvalue weighted by Gasteiger charge is -1.97. The minimum atomic E-state index is -0.456. The Bertz CT molecular complexity index is 219. The molecule has 0 amide bonds. The summed E-state index contributed by atoms with van der Waals surface area (Å²) in [6.07, 6.45) is 2.45. The molecule has 0 aliphatic rings. The van der Waals surface area contributed by atoms with Crippen molar-refractivity contribution in [3.63, 3.8) is 0 Å². The van der Waals surface area contributed by atoms with Crippen molar-refractivity contribution < 1.29 is 4.39 Å². The number of halogens is 3. The van der Waals surface area contributed by atoms with Crippen LogP contribution in [-0.4, -0.2) is 4.98 Å². The molecule has 1 aromatic heterocycles. The highest BCUT2D eigenvalue weighted by Gasteiger charge is 2.04. The molecule has 4 heteroatoms. The van der Waals surface area contributed by atoms with E-state index in [0.717, 1.165) is 6.20 Å². The molecular formula is C6H4Cl2FN. The second kappa shape index (κ2) is 3.17. The van der Waals surface area contributed by atoms with Gasteiger partial charge in [0.05, 0.1) is 17.1 Å². The van der Waals surface area contributed by atoms with Crippen molar-refractivity contribution in [2.75, 3.05) is 0 Å². The quantitative estimate of drug-likeness (QED) is 0.605. The predicted molar refractivity (Wildman–Crippen MR) is 38.8 cm³/mol. The van der Waals surface area contributed by atoms with Crippen molar-refractivity contribution in [1.29, 1.82) is 0 Å². The van der Waals surface area contributed by atoms with Crippen molar-refractivity contribution in [3.05, 3.63) is 28.8 Å². The summed E-state index contributed by atoms with van der Waals surface area (Å²) >= 11 is 10.9. The predicted octanol–water partition coefficient (Wildman–Crippen LogP) is 2.61. The van der Waals surface area contributed by atoms with Gasteiger partial charge in [0.2, 0.25) is 0 Å². The van der Waals surface area contributed by atoms with Gasteiger partial charge >= 0.3 is 0 Å². The van der Waals surface area contributed by atoms with Crippen molar-refractivity contribution >= 4 is 23.2 Å². The molecule has 0 fully saturated rings. The molecule has 1 rings (SSSR count). The third-order valence-corrected chi connectivity index (χ3v) is 1.68. The number of nitrogens with zero attached hydrogens (tertiary/aromatic N) is 1. The normalized spacial score (nSPS) is 9.90. The number of hydrogen-bond acceptors (Lipinski definition) is 1. The molecule has 0 radical (unpaired) electrons. The maximum atomic E-state index is 12.6. The van der Waals surface area contributed by atoms with Crippen LogP contribution in [0.4, 0.5) is 4.39 Å². The van der Waals surface area contributed by atoms with Crippen LogP contribution in [0.3, 0.4) is 0 Å². The first-order valence-corrected chi connectivity index (χ1v) is 3.51. The molecule has 1 heterocycles. The molecule has 0 unspecified atom stereocenters. The van der Waals surface area contributed by atoms with Crippen LogP contribution in [0.25, 0.3) is 0 Å². The summed E-state index contributed by atoms with van der Waals surface area (Å²) in [5, 5.41) is 0.273. The first kappa shape index (κ1) is 7.76. The average Bonchev–Trinajstić information content (AvgIpc) is 1.88. The van der Waals surface area contributed by atoms with E-state index < -0.39 is 5.82 Å². The van der Waals surface area contributed by atoms with Gasteiger partial charge in [0.1, 0.15) is 5.82 Å². The number of aromatic nitrogens is 1. The first-order valence-electron chi connectivity index (χ1n) is 2.59. The lowest BCUT2D eigenvalue weighted by Crippen LogP contribution is -1.88. The summed E-state index contributed by atoms with van der Waals surface area (Å²) in [5.74, 6) is -0.379. The maximum Gasteiger partial charge on any atom is 0.147 e. The Hall–Kier alpha value is -0.340. The van der Waals surface area contributed by atoms with Crippen LogP contribution >= 0.6 is 23.2 Å². The molecule has 0 saturated carbocycles. The zero-order valence-corrected chi connectivity index (χ0v) is 6.45. The van der Waals surface area contributed by atoms with Gasteiger partial charge in [-0.15, -0.1) is 11.6 Å². The Morgan fingerprint density at radius 2 is 2.20 bits per heavy atom. The van der Waals surface area contributed by atoms with E-state index in [1.807, 2.05) is 0 Å². The highest BCUT2D eigenvalue weighted by atomic mass is 35.5. The van der Waals surface area contributed by atoms with Gasteiger partial charge in [-0.2, -0.15) is 0 Å². The van der Waals surface area contributed by atoms with E-state index in [1.165, 1.54) is 6.20 Å². The summed E-state index contributed by atoms with van der Waals surface area (Å²) in [5.41, 5.74) is 0.304. The third kappa shape index (κ3) is 1.39. The number of alkyl halides is 1. The second-order valence-corrected chi connectivity index (χ2v) is 2.39. The van der Waals surface area contributed by atoms with E-state index in [1.54, 1.807) is 0 Å². The number of rotatable bonds is 1. The Labute approximate surface area is 67.8 Å². The molecule has 0 bridgehead atoms. The van der Waals surface area contributed by atoms with E-state index in [0.29, 0.717) is 5.56 Å². The molecule has 0 aliphatic heterocycles. The van der Waals surface area contributed by atoms with E-state index in [-0.39, 0.29) is 10.9 Å². The minimum absolute atomic E-state index is 0.0766. The fourth-order valence-electron chi connectivity index (χ4n) is 0.566. The molecule has 54 valence electrons. The van der Waals surface area contributed by atoms with Gasteiger partial charge in [0.15, 0.2) is 0 Å². The number of pyridine rings is 1. The van der Waals surface area contributed by atoms with E-state index in [2.05, 4.69) is 4.98 Å². The summed E-state index contributed by atoms with van der Waals surface area (Å²) < 4.78 is 12.6. The summed E-state index contributed by atoms with van der Waals surface area (Å²) in [7, 11) is 0. The highest BCUT2D eigenvalue weighted by molar-refractivity contribution is 6.32. The van der Waals surface area contributed by atoms with Gasteiger partial charge in [-0.1, -0.05) is 11.6 Å². The van der Waals surface area contributed by atoms with E-state index in [4.69, 9.17) is 23.2 Å². The monoisotopic (exact) mass is 179 g/mol. The summed E-state index contributed by atoms with van der Waals surface area (Å²) in [6, 6.07) is 0. The molecule has 0 atom stereocenters. The highest BCUT2D eigenvalue weighted by Crippen LogP contribution is 2.18. The SMILES string of the molecule is Fc1cncc(Cl)c1CCl. The van der Waals surface area contributed by atoms with Crippen molar-refractivity contribution in [2.45, 2.75) is 5.88 Å². The summed E-state index contributed by atoms with van der Waals surface area (Å²) in [4.78, 5) is 3.53. The molecule has 1 nitrogen and oxygen atoms in total. The maximum absolute atomic E-state index is 12.6. The van der Waals surface area contributed by atoms with Crippen LogP contribution in [0.2, 0.25) is 5.02 Å². The van der Waals surface area contributed by atoms with E-state index in [9.17, 15) is 4.39 Å². The molecule has 0 aromatic carbocycles. The Kier molecular flexibility index (Phi) is 2.46. The number of hydrogen-bond donors (Lipinski definition) is 0. The van der Waals surface area contributed by atoms with Crippen LogP contribution < -0.4 is 0 Å². The minimum Gasteiger partial charge on any atom is -0.260 e. The molecular weight excluding hydrogens is 176 g/mol. The summed E-state index contributed by atoms with van der Waals surface area (Å²) in [6.45, 7) is 0. The Balaban J connectivity index is 3.17. The third-order valence-electron chi connectivity index (χ3n) is 1.09. The Morgan fingerprint density at radius 1 is 1.50 bits per heavy atom. The van der Waals surface area contributed by atoms with Crippen molar-refractivity contribution in [1.82, 2.24) is 4.98 Å². The first-order chi connectivity index (χ1) is 4.75. The molecule has 0 aliphatic carbocycles. The van der Waals surface area contributed by atoms with Gasteiger partial charge in [0, 0.05) is 11.8 Å². The van der Waals surface area contributed by atoms with Gasteiger partial charge < -0.3 is 0 Å². The molecule has 1 aromatic rings. The second-order valence-electron chi connectivity index (χ2n) is 1.72. The average molecular weight is 180 g/mol. The zero-order chi connectivity index (χ0) is 7.56. The van der Waals surface area contributed by atoms with Crippen LogP contribution in [0.5, 0.6) is 0 Å². The molecule has 0 N–H and O–H groups in total. The smallest absolute Gasteiger partial charge is 0.147 e. The van der Waals surface area contributed by atoms with Gasteiger partial charge in [-0.3, -0.25) is 4.98 Å². The van der Waals surface area contributed by atoms with Gasteiger partial charge in [-0.05, 0) is 0 Å². The van der Waals surface area contributed by atoms with Crippen molar-refractivity contribution in [2.24, 2.45) is 0 Å².